The Balaban J connectivity index is 3.09. The Bertz CT molecular complexity index is 592. The highest BCUT2D eigenvalue weighted by Crippen LogP contribution is 2.27. The van der Waals surface area contributed by atoms with Crippen LogP contribution in [0, 0.1) is 0 Å². The molecule has 0 aliphatic heterocycles. The van der Waals surface area contributed by atoms with Gasteiger partial charge in [-0.25, -0.2) is 0 Å². The highest BCUT2D eigenvalue weighted by atomic mass is 16.3. The van der Waals surface area contributed by atoms with Crippen LogP contribution in [-0.4, -0.2) is 17.4 Å². The summed E-state index contributed by atoms with van der Waals surface area (Å²) in [5.41, 5.74) is 4.80. The van der Waals surface area contributed by atoms with Gasteiger partial charge in [-0.15, -0.1) is 0 Å². The Hall–Kier alpha value is -2.33. The quantitative estimate of drug-likeness (QED) is 0.389. The van der Waals surface area contributed by atoms with E-state index < -0.39 is 5.60 Å². The Morgan fingerprint density at radius 3 is 2.30 bits per heavy atom. The standard InChI is InChI=1S/C19H27N3O/c1-7-9-14(3)15-10-12-16(13-11-15)18(19(4,5)23)21-17(8-2)22-20-6/h7-13,18,21-23H,3,6H2,1-2,4-5H3/b9-7-,17-8-. The molecule has 23 heavy (non-hydrogen) atoms. The Labute approximate surface area is 139 Å². The van der Waals surface area contributed by atoms with Gasteiger partial charge >= 0.3 is 0 Å². The highest BCUT2D eigenvalue weighted by molar-refractivity contribution is 5.71. The molecule has 1 atom stereocenters. The summed E-state index contributed by atoms with van der Waals surface area (Å²) in [4.78, 5) is 0. The van der Waals surface area contributed by atoms with Gasteiger partial charge in [0, 0.05) is 6.72 Å². The largest absolute Gasteiger partial charge is 0.388 e. The second kappa shape index (κ2) is 8.34. The maximum Gasteiger partial charge on any atom is 0.115 e. The third-order valence-electron chi connectivity index (χ3n) is 3.48. The molecule has 0 amide bonds. The summed E-state index contributed by atoms with van der Waals surface area (Å²) in [5.74, 6) is 0.689. The van der Waals surface area contributed by atoms with Crippen LogP contribution in [0.2, 0.25) is 0 Å². The first-order valence-electron chi connectivity index (χ1n) is 7.62. The van der Waals surface area contributed by atoms with E-state index >= 15 is 0 Å². The van der Waals surface area contributed by atoms with E-state index in [2.05, 4.69) is 29.1 Å². The normalized spacial score (nSPS) is 13.7. The molecular formula is C19H27N3O. The van der Waals surface area contributed by atoms with E-state index in [4.69, 9.17) is 0 Å². The maximum absolute atomic E-state index is 10.5. The monoisotopic (exact) mass is 313 g/mol. The smallest absolute Gasteiger partial charge is 0.115 e. The summed E-state index contributed by atoms with van der Waals surface area (Å²) in [6.45, 7) is 14.8. The molecule has 0 heterocycles. The predicted molar refractivity (Wildman–Crippen MR) is 98.9 cm³/mol. The lowest BCUT2D eigenvalue weighted by molar-refractivity contribution is 0.0400. The number of aliphatic hydroxyl groups is 1. The molecule has 0 aliphatic rings. The zero-order chi connectivity index (χ0) is 17.5. The van der Waals surface area contributed by atoms with Crippen molar-refractivity contribution in [3.05, 3.63) is 66.0 Å². The van der Waals surface area contributed by atoms with Gasteiger partial charge in [-0.05, 0) is 50.5 Å². The average Bonchev–Trinajstić information content (AvgIpc) is 2.50. The lowest BCUT2D eigenvalue weighted by Gasteiger charge is -2.32. The molecule has 0 saturated heterocycles. The number of hydrogen-bond acceptors (Lipinski definition) is 4. The van der Waals surface area contributed by atoms with Crippen LogP contribution < -0.4 is 10.7 Å². The first kappa shape index (κ1) is 18.7. The van der Waals surface area contributed by atoms with Crippen LogP contribution in [0.15, 0.2) is 60.0 Å². The van der Waals surface area contributed by atoms with Gasteiger partial charge in [0.25, 0.3) is 0 Å². The zero-order valence-electron chi connectivity index (χ0n) is 14.4. The number of nitrogens with zero attached hydrogens (tertiary/aromatic N) is 1. The fourth-order valence-electron chi connectivity index (χ4n) is 2.28. The minimum Gasteiger partial charge on any atom is -0.388 e. The third kappa shape index (κ3) is 5.42. The fraction of sp³-hybridized carbons (Fsp3) is 0.316. The molecule has 0 aromatic heterocycles. The van der Waals surface area contributed by atoms with Crippen molar-refractivity contribution in [2.45, 2.75) is 39.3 Å². The summed E-state index contributed by atoms with van der Waals surface area (Å²) < 4.78 is 0. The van der Waals surface area contributed by atoms with Crippen molar-refractivity contribution in [2.24, 2.45) is 5.10 Å². The second-order valence-electron chi connectivity index (χ2n) is 5.85. The summed E-state index contributed by atoms with van der Waals surface area (Å²) in [7, 11) is 0. The zero-order valence-corrected chi connectivity index (χ0v) is 14.4. The van der Waals surface area contributed by atoms with Crippen LogP contribution >= 0.6 is 0 Å². The van der Waals surface area contributed by atoms with Gasteiger partial charge in [-0.1, -0.05) is 43.0 Å². The maximum atomic E-state index is 10.5. The molecular weight excluding hydrogens is 286 g/mol. The van der Waals surface area contributed by atoms with E-state index in [1.807, 2.05) is 56.3 Å². The van der Waals surface area contributed by atoms with E-state index in [0.717, 1.165) is 16.7 Å². The van der Waals surface area contributed by atoms with Crippen molar-refractivity contribution < 1.29 is 5.11 Å². The highest BCUT2D eigenvalue weighted by Gasteiger charge is 2.28. The van der Waals surface area contributed by atoms with Gasteiger partial charge in [0.15, 0.2) is 0 Å². The molecule has 124 valence electrons. The summed E-state index contributed by atoms with van der Waals surface area (Å²) in [6.07, 6.45) is 5.78. The molecule has 0 radical (unpaired) electrons. The minimum absolute atomic E-state index is 0.299. The first-order chi connectivity index (χ1) is 10.8. The van der Waals surface area contributed by atoms with E-state index in [9.17, 15) is 5.11 Å². The van der Waals surface area contributed by atoms with Gasteiger partial charge in [0.05, 0.1) is 11.6 Å². The van der Waals surface area contributed by atoms with Crippen LogP contribution in [0.25, 0.3) is 5.57 Å². The summed E-state index contributed by atoms with van der Waals surface area (Å²) >= 11 is 0. The number of nitrogens with one attached hydrogen (secondary N) is 2. The average molecular weight is 313 g/mol. The van der Waals surface area contributed by atoms with Crippen LogP contribution in [0.4, 0.5) is 0 Å². The molecule has 4 nitrogen and oxygen atoms in total. The third-order valence-corrected chi connectivity index (χ3v) is 3.48. The Morgan fingerprint density at radius 2 is 1.87 bits per heavy atom. The van der Waals surface area contributed by atoms with Gasteiger partial charge in [0.1, 0.15) is 5.82 Å². The molecule has 0 fully saturated rings. The van der Waals surface area contributed by atoms with Crippen LogP contribution in [-0.2, 0) is 0 Å². The minimum atomic E-state index is -0.959. The Kier molecular flexibility index (Phi) is 6.79. The first-order valence-corrected chi connectivity index (χ1v) is 7.62. The number of allylic oxidation sites excluding steroid dienone is 4. The molecule has 0 aliphatic carbocycles. The number of hydrazone groups is 1. The Morgan fingerprint density at radius 1 is 1.26 bits per heavy atom. The van der Waals surface area contributed by atoms with E-state index in [-0.39, 0.29) is 6.04 Å². The van der Waals surface area contributed by atoms with Crippen molar-refractivity contribution >= 4 is 12.3 Å². The van der Waals surface area contributed by atoms with Crippen molar-refractivity contribution in [3.8, 4) is 0 Å². The molecule has 0 saturated carbocycles. The topological polar surface area (TPSA) is 56.7 Å². The molecule has 1 rings (SSSR count). The van der Waals surface area contributed by atoms with Crippen molar-refractivity contribution in [2.75, 3.05) is 0 Å². The van der Waals surface area contributed by atoms with Crippen molar-refractivity contribution in [3.63, 3.8) is 0 Å². The molecule has 1 aromatic rings. The molecule has 0 bridgehead atoms. The molecule has 0 spiro atoms. The second-order valence-corrected chi connectivity index (χ2v) is 5.85. The van der Waals surface area contributed by atoms with Gasteiger partial charge in [-0.2, -0.15) is 5.10 Å². The van der Waals surface area contributed by atoms with Crippen molar-refractivity contribution in [1.29, 1.82) is 0 Å². The molecule has 1 unspecified atom stereocenters. The SMILES string of the molecule is C=NN/C(=C\C)NC(c1ccc(C(=C)/C=C\C)cc1)C(C)(C)O. The van der Waals surface area contributed by atoms with Crippen LogP contribution in [0.5, 0.6) is 0 Å². The number of hydrogen-bond donors (Lipinski definition) is 3. The summed E-state index contributed by atoms with van der Waals surface area (Å²) in [6, 6.07) is 7.70. The molecule has 4 heteroatoms. The van der Waals surface area contributed by atoms with E-state index in [0.29, 0.717) is 5.82 Å². The molecule has 3 N–H and O–H groups in total. The van der Waals surface area contributed by atoms with E-state index in [1.165, 1.54) is 0 Å². The van der Waals surface area contributed by atoms with Crippen LogP contribution in [0.1, 0.15) is 44.9 Å². The lowest BCUT2D eigenvalue weighted by Crippen LogP contribution is -2.41. The summed E-state index contributed by atoms with van der Waals surface area (Å²) in [5, 5.41) is 17.4. The van der Waals surface area contributed by atoms with Gasteiger partial charge in [-0.3, -0.25) is 5.43 Å². The van der Waals surface area contributed by atoms with Gasteiger partial charge < -0.3 is 10.4 Å². The van der Waals surface area contributed by atoms with Gasteiger partial charge in [0.2, 0.25) is 0 Å². The fourth-order valence-corrected chi connectivity index (χ4v) is 2.28. The number of benzene rings is 1. The lowest BCUT2D eigenvalue weighted by atomic mass is 9.90. The molecule has 1 aromatic carbocycles. The predicted octanol–water partition coefficient (Wildman–Crippen LogP) is 3.74. The number of rotatable bonds is 8. The van der Waals surface area contributed by atoms with Crippen molar-refractivity contribution in [1.82, 2.24) is 10.7 Å². The van der Waals surface area contributed by atoms with Crippen LogP contribution in [0.3, 0.4) is 0 Å². The van der Waals surface area contributed by atoms with E-state index in [1.54, 1.807) is 13.8 Å².